The summed E-state index contributed by atoms with van der Waals surface area (Å²) in [6.07, 6.45) is 25.3. The van der Waals surface area contributed by atoms with Crippen LogP contribution in [-0.2, 0) is 4.79 Å². The van der Waals surface area contributed by atoms with Gasteiger partial charge in [-0.05, 0) is 32.1 Å². The van der Waals surface area contributed by atoms with Crippen LogP contribution in [0, 0.1) is 0 Å². The molecule has 109 valence electrons. The third-order valence-corrected chi connectivity index (χ3v) is 3.26. The van der Waals surface area contributed by atoms with Crippen LogP contribution in [0.2, 0.25) is 0 Å². The highest BCUT2D eigenvalue weighted by Gasteiger charge is 1.90. The highest BCUT2D eigenvalue weighted by Crippen LogP contribution is 2.08. The average Bonchev–Trinajstić information content (AvgIpc) is 2.43. The Morgan fingerprint density at radius 2 is 1.26 bits per heavy atom. The smallest absolute Gasteiger partial charge is 0.198 e. The zero-order valence-electron chi connectivity index (χ0n) is 12.7. The maximum Gasteiger partial charge on any atom is 0.198 e. The minimum absolute atomic E-state index is 0.618. The van der Waals surface area contributed by atoms with Crippen molar-refractivity contribution in [1.29, 1.82) is 0 Å². The molecule has 0 aliphatic heterocycles. The quantitative estimate of drug-likeness (QED) is 0.281. The second-order valence-corrected chi connectivity index (χ2v) is 5.16. The third-order valence-electron chi connectivity index (χ3n) is 3.26. The summed E-state index contributed by atoms with van der Waals surface area (Å²) >= 11 is 0. The molecule has 0 rings (SSSR count). The van der Waals surface area contributed by atoms with Gasteiger partial charge in [0.1, 0.15) is 0 Å². The van der Waals surface area contributed by atoms with Crippen LogP contribution in [0.5, 0.6) is 0 Å². The van der Waals surface area contributed by atoms with Crippen molar-refractivity contribution in [3.05, 3.63) is 24.3 Å². The van der Waals surface area contributed by atoms with Crippen LogP contribution < -0.4 is 0 Å². The molecule has 0 aliphatic carbocycles. The van der Waals surface area contributed by atoms with Gasteiger partial charge in [0, 0.05) is 6.42 Å². The van der Waals surface area contributed by atoms with E-state index in [-0.39, 0.29) is 0 Å². The van der Waals surface area contributed by atoms with Crippen molar-refractivity contribution in [2.75, 3.05) is 0 Å². The maximum absolute atomic E-state index is 10.0. The molecule has 0 aromatic heterocycles. The van der Waals surface area contributed by atoms with Crippen molar-refractivity contribution in [3.8, 4) is 0 Å². The molecule has 0 fully saturated rings. The molecule has 1 nitrogen and oxygen atoms in total. The lowest BCUT2D eigenvalue weighted by Crippen LogP contribution is -1.80. The molecule has 19 heavy (non-hydrogen) atoms. The normalized spacial score (nSPS) is 11.6. The van der Waals surface area contributed by atoms with Gasteiger partial charge in [-0.1, -0.05) is 69.8 Å². The molecule has 0 N–H and O–H groups in total. The third kappa shape index (κ3) is 17.1. The van der Waals surface area contributed by atoms with E-state index in [4.69, 9.17) is 0 Å². The zero-order valence-corrected chi connectivity index (χ0v) is 12.7. The van der Waals surface area contributed by atoms with Crippen molar-refractivity contribution in [1.82, 2.24) is 0 Å². The van der Waals surface area contributed by atoms with Crippen LogP contribution in [0.1, 0.15) is 84.0 Å². The molecule has 0 aromatic carbocycles. The van der Waals surface area contributed by atoms with E-state index in [1.165, 1.54) is 64.2 Å². The molecule has 0 atom stereocenters. The minimum Gasteiger partial charge on any atom is -0.291 e. The van der Waals surface area contributed by atoms with Gasteiger partial charge in [-0.3, -0.25) is 4.79 Å². The summed E-state index contributed by atoms with van der Waals surface area (Å²) in [6, 6.07) is 0. The molecule has 1 radical (unpaired) electrons. The fourth-order valence-electron chi connectivity index (χ4n) is 2.03. The maximum atomic E-state index is 10.0. The van der Waals surface area contributed by atoms with E-state index >= 15 is 0 Å². The Morgan fingerprint density at radius 3 is 1.84 bits per heavy atom. The average molecular weight is 263 g/mol. The van der Waals surface area contributed by atoms with Crippen LogP contribution >= 0.6 is 0 Å². The second kappa shape index (κ2) is 17.2. The Hall–Kier alpha value is -0.850. The van der Waals surface area contributed by atoms with Crippen molar-refractivity contribution in [3.63, 3.8) is 0 Å². The first-order valence-corrected chi connectivity index (χ1v) is 8.08. The predicted molar refractivity (Wildman–Crippen MR) is 85.1 cm³/mol. The Morgan fingerprint density at radius 1 is 0.737 bits per heavy atom. The van der Waals surface area contributed by atoms with Gasteiger partial charge in [-0.15, -0.1) is 0 Å². The summed E-state index contributed by atoms with van der Waals surface area (Å²) in [5.41, 5.74) is 0. The van der Waals surface area contributed by atoms with E-state index < -0.39 is 0 Å². The van der Waals surface area contributed by atoms with Gasteiger partial charge in [-0.25, -0.2) is 0 Å². The zero-order chi connectivity index (χ0) is 14.0. The molecule has 0 saturated heterocycles. The highest BCUT2D eigenvalue weighted by molar-refractivity contribution is 5.50. The van der Waals surface area contributed by atoms with Crippen molar-refractivity contribution >= 4 is 6.29 Å². The SMILES string of the molecule is CCCCC/C=C/C=C/CCCCCCCC[C]=O. The van der Waals surface area contributed by atoms with Gasteiger partial charge in [0.05, 0.1) is 0 Å². The largest absolute Gasteiger partial charge is 0.291 e. The molecule has 0 saturated carbocycles. The summed E-state index contributed by atoms with van der Waals surface area (Å²) in [6.45, 7) is 2.24. The molecule has 0 bridgehead atoms. The first kappa shape index (κ1) is 18.1. The number of carbonyl (C=O) groups excluding carboxylic acids is 1. The van der Waals surface area contributed by atoms with Gasteiger partial charge in [-0.2, -0.15) is 0 Å². The Labute approximate surface area is 120 Å². The Balaban J connectivity index is 3.14. The number of unbranched alkanes of at least 4 members (excludes halogenated alkanes) is 10. The van der Waals surface area contributed by atoms with Gasteiger partial charge in [0.2, 0.25) is 0 Å². The van der Waals surface area contributed by atoms with Crippen LogP contribution in [0.3, 0.4) is 0 Å². The molecular weight excluding hydrogens is 232 g/mol. The van der Waals surface area contributed by atoms with Gasteiger partial charge >= 0.3 is 0 Å². The minimum atomic E-state index is 0.618. The Bertz CT molecular complexity index is 228. The van der Waals surface area contributed by atoms with Crippen molar-refractivity contribution < 1.29 is 4.79 Å². The van der Waals surface area contributed by atoms with E-state index in [2.05, 4.69) is 31.2 Å². The molecule has 0 heterocycles. The topological polar surface area (TPSA) is 17.1 Å². The lowest BCUT2D eigenvalue weighted by Gasteiger charge is -1.98. The molecule has 0 spiro atoms. The van der Waals surface area contributed by atoms with Crippen LogP contribution in [-0.4, -0.2) is 6.29 Å². The highest BCUT2D eigenvalue weighted by atomic mass is 16.1. The molecule has 0 unspecified atom stereocenters. The lowest BCUT2D eigenvalue weighted by molar-refractivity contribution is 0.541. The van der Waals surface area contributed by atoms with E-state index in [1.54, 1.807) is 0 Å². The summed E-state index contributed by atoms with van der Waals surface area (Å²) < 4.78 is 0. The summed E-state index contributed by atoms with van der Waals surface area (Å²) in [5, 5.41) is 0. The van der Waals surface area contributed by atoms with Crippen LogP contribution in [0.15, 0.2) is 24.3 Å². The summed E-state index contributed by atoms with van der Waals surface area (Å²) in [4.78, 5) is 10.0. The van der Waals surface area contributed by atoms with E-state index in [0.717, 1.165) is 6.42 Å². The van der Waals surface area contributed by atoms with E-state index in [0.29, 0.717) is 6.42 Å². The Kier molecular flexibility index (Phi) is 16.4. The van der Waals surface area contributed by atoms with Crippen LogP contribution in [0.4, 0.5) is 0 Å². The van der Waals surface area contributed by atoms with E-state index in [9.17, 15) is 4.79 Å². The van der Waals surface area contributed by atoms with Gasteiger partial charge in [0.15, 0.2) is 6.29 Å². The standard InChI is InChI=1S/C18H31O/c1-2-3-4-5-6-7-8-9-10-11-12-13-14-15-16-17-18-19/h6-9H,2-5,10-17H2,1H3/b7-6+,9-8+. The fourth-order valence-corrected chi connectivity index (χ4v) is 2.03. The number of allylic oxidation sites excluding steroid dienone is 4. The fraction of sp³-hybridized carbons (Fsp3) is 0.722. The number of hydrogen-bond donors (Lipinski definition) is 0. The summed E-state index contributed by atoms with van der Waals surface area (Å²) in [7, 11) is 0. The lowest BCUT2D eigenvalue weighted by atomic mass is 10.1. The van der Waals surface area contributed by atoms with Gasteiger partial charge < -0.3 is 0 Å². The first-order valence-electron chi connectivity index (χ1n) is 8.08. The number of hydrogen-bond acceptors (Lipinski definition) is 1. The second-order valence-electron chi connectivity index (χ2n) is 5.16. The first-order chi connectivity index (χ1) is 9.41. The molecule has 0 aliphatic rings. The summed E-state index contributed by atoms with van der Waals surface area (Å²) in [5.74, 6) is 0. The van der Waals surface area contributed by atoms with Gasteiger partial charge in [0.25, 0.3) is 0 Å². The monoisotopic (exact) mass is 263 g/mol. The molecule has 0 aromatic rings. The van der Waals surface area contributed by atoms with E-state index in [1.807, 2.05) is 6.29 Å². The molecule has 0 amide bonds. The number of rotatable bonds is 14. The van der Waals surface area contributed by atoms with Crippen LogP contribution in [0.25, 0.3) is 0 Å². The molecule has 1 heteroatoms. The molecular formula is C18H31O. The van der Waals surface area contributed by atoms with Crippen molar-refractivity contribution in [2.45, 2.75) is 84.0 Å². The van der Waals surface area contributed by atoms with Crippen molar-refractivity contribution in [2.24, 2.45) is 0 Å². The predicted octanol–water partition coefficient (Wildman–Crippen LogP) is 5.91.